The first-order valence-electron chi connectivity index (χ1n) is 6.68. The van der Waals surface area contributed by atoms with Crippen molar-refractivity contribution in [3.05, 3.63) is 34.5 Å². The minimum atomic E-state index is -0.743. The molecule has 1 heterocycles. The number of hydrogen-bond donors (Lipinski definition) is 2. The van der Waals surface area contributed by atoms with E-state index in [0.29, 0.717) is 10.6 Å². The number of carbonyl (C=O) groups is 1. The van der Waals surface area contributed by atoms with E-state index >= 15 is 0 Å². The monoisotopic (exact) mass is 293 g/mol. The van der Waals surface area contributed by atoms with E-state index in [-0.39, 0.29) is 18.2 Å². The number of rotatable bonds is 3. The van der Waals surface area contributed by atoms with E-state index in [2.05, 4.69) is 5.32 Å². The molecule has 0 radical (unpaired) electrons. The molecular formula is C15H16ClNO3. The Morgan fingerprint density at radius 1 is 1.50 bits per heavy atom. The zero-order valence-electron chi connectivity index (χ0n) is 11.2. The van der Waals surface area contributed by atoms with Gasteiger partial charge in [0.1, 0.15) is 0 Å². The maximum absolute atomic E-state index is 12.2. The van der Waals surface area contributed by atoms with E-state index in [1.807, 2.05) is 19.1 Å². The summed E-state index contributed by atoms with van der Waals surface area (Å²) in [6, 6.07) is 5.42. The molecular weight excluding hydrogens is 278 g/mol. The molecule has 0 spiro atoms. The van der Waals surface area contributed by atoms with Crippen LogP contribution in [0.3, 0.4) is 0 Å². The molecule has 1 aromatic heterocycles. The van der Waals surface area contributed by atoms with Gasteiger partial charge in [-0.05, 0) is 32.3 Å². The van der Waals surface area contributed by atoms with Crippen molar-refractivity contribution in [2.24, 2.45) is 0 Å². The lowest BCUT2D eigenvalue weighted by Gasteiger charge is -2.36. The third kappa shape index (κ3) is 2.19. The van der Waals surface area contributed by atoms with Crippen LogP contribution in [0.25, 0.3) is 11.0 Å². The number of fused-ring (bicyclic) bond motifs is 1. The van der Waals surface area contributed by atoms with E-state index in [0.717, 1.165) is 30.2 Å². The van der Waals surface area contributed by atoms with Crippen LogP contribution in [0.2, 0.25) is 5.02 Å². The van der Waals surface area contributed by atoms with Crippen LogP contribution in [0.4, 0.5) is 0 Å². The maximum atomic E-state index is 12.2. The fourth-order valence-corrected chi connectivity index (χ4v) is 2.73. The molecule has 1 aliphatic carbocycles. The Balaban J connectivity index is 1.84. The number of furan rings is 1. The standard InChI is InChI=1S/C15H16ClNO3/c1-9-10-4-2-5-11(16)13(10)20-12(9)14(18)17-8-15(19)6-3-7-15/h2,4-5,19H,3,6-8H2,1H3,(H,17,18). The quantitative estimate of drug-likeness (QED) is 0.914. The van der Waals surface area contributed by atoms with Crippen LogP contribution in [0.15, 0.2) is 22.6 Å². The molecule has 5 heteroatoms. The third-order valence-electron chi connectivity index (χ3n) is 3.98. The largest absolute Gasteiger partial charge is 0.449 e. The lowest BCUT2D eigenvalue weighted by Crippen LogP contribution is -2.47. The summed E-state index contributed by atoms with van der Waals surface area (Å²) in [5.74, 6) is -0.0499. The van der Waals surface area contributed by atoms with E-state index in [9.17, 15) is 9.90 Å². The fourth-order valence-electron chi connectivity index (χ4n) is 2.51. The molecule has 3 rings (SSSR count). The van der Waals surface area contributed by atoms with Gasteiger partial charge in [-0.1, -0.05) is 23.7 Å². The first-order valence-corrected chi connectivity index (χ1v) is 7.06. The number of amides is 1. The highest BCUT2D eigenvalue weighted by Crippen LogP contribution is 2.32. The highest BCUT2D eigenvalue weighted by atomic mass is 35.5. The van der Waals surface area contributed by atoms with Crippen LogP contribution in [-0.4, -0.2) is 23.2 Å². The van der Waals surface area contributed by atoms with Gasteiger partial charge in [-0.15, -0.1) is 0 Å². The second-order valence-electron chi connectivity index (χ2n) is 5.43. The first-order chi connectivity index (χ1) is 9.50. The van der Waals surface area contributed by atoms with Gasteiger partial charge in [-0.2, -0.15) is 0 Å². The Labute approximate surface area is 121 Å². The molecule has 2 N–H and O–H groups in total. The Bertz CT molecular complexity index is 673. The molecule has 4 nitrogen and oxygen atoms in total. The molecule has 1 amide bonds. The molecule has 20 heavy (non-hydrogen) atoms. The van der Waals surface area contributed by atoms with Gasteiger partial charge in [-0.25, -0.2) is 0 Å². The Morgan fingerprint density at radius 2 is 2.25 bits per heavy atom. The molecule has 1 saturated carbocycles. The lowest BCUT2D eigenvalue weighted by molar-refractivity contribution is -0.0301. The van der Waals surface area contributed by atoms with E-state index in [4.69, 9.17) is 16.0 Å². The normalized spacial score (nSPS) is 16.9. The average molecular weight is 294 g/mol. The highest BCUT2D eigenvalue weighted by Gasteiger charge is 2.35. The summed E-state index contributed by atoms with van der Waals surface area (Å²) in [5.41, 5.74) is 0.549. The molecule has 0 bridgehead atoms. The number of benzene rings is 1. The van der Waals surface area contributed by atoms with E-state index in [1.54, 1.807) is 6.07 Å². The predicted octanol–water partition coefficient (Wildman–Crippen LogP) is 3.04. The van der Waals surface area contributed by atoms with Crippen molar-refractivity contribution >= 4 is 28.5 Å². The average Bonchev–Trinajstić information content (AvgIpc) is 2.73. The molecule has 0 unspecified atom stereocenters. The molecule has 0 aliphatic heterocycles. The molecule has 1 aromatic carbocycles. The molecule has 0 atom stereocenters. The summed E-state index contributed by atoms with van der Waals surface area (Å²) in [5, 5.41) is 14.1. The van der Waals surface area contributed by atoms with Crippen molar-refractivity contribution in [2.45, 2.75) is 31.8 Å². The van der Waals surface area contributed by atoms with Crippen molar-refractivity contribution in [1.29, 1.82) is 0 Å². The zero-order chi connectivity index (χ0) is 14.3. The van der Waals surface area contributed by atoms with Crippen molar-refractivity contribution in [1.82, 2.24) is 5.32 Å². The van der Waals surface area contributed by atoms with E-state index < -0.39 is 5.60 Å². The topological polar surface area (TPSA) is 62.5 Å². The molecule has 106 valence electrons. The fraction of sp³-hybridized carbons (Fsp3) is 0.400. The third-order valence-corrected chi connectivity index (χ3v) is 4.28. The molecule has 0 saturated heterocycles. The van der Waals surface area contributed by atoms with Crippen LogP contribution in [0.5, 0.6) is 0 Å². The summed E-state index contributed by atoms with van der Waals surface area (Å²) in [6.07, 6.45) is 2.47. The summed E-state index contributed by atoms with van der Waals surface area (Å²) in [6.45, 7) is 2.09. The number of aliphatic hydroxyl groups is 1. The van der Waals surface area contributed by atoms with Crippen molar-refractivity contribution in [3.63, 3.8) is 0 Å². The van der Waals surface area contributed by atoms with Gasteiger partial charge in [0, 0.05) is 17.5 Å². The number of para-hydroxylation sites is 1. The van der Waals surface area contributed by atoms with Gasteiger partial charge in [0.2, 0.25) is 0 Å². The second-order valence-corrected chi connectivity index (χ2v) is 5.84. The number of nitrogens with one attached hydrogen (secondary N) is 1. The van der Waals surface area contributed by atoms with Crippen molar-refractivity contribution < 1.29 is 14.3 Å². The summed E-state index contributed by atoms with van der Waals surface area (Å²) < 4.78 is 5.58. The minimum absolute atomic E-state index is 0.260. The van der Waals surface area contributed by atoms with Crippen LogP contribution >= 0.6 is 11.6 Å². The lowest BCUT2D eigenvalue weighted by atomic mass is 9.80. The maximum Gasteiger partial charge on any atom is 0.287 e. The van der Waals surface area contributed by atoms with Crippen LogP contribution in [-0.2, 0) is 0 Å². The van der Waals surface area contributed by atoms with Gasteiger partial charge in [0.15, 0.2) is 11.3 Å². The van der Waals surface area contributed by atoms with Gasteiger partial charge in [-0.3, -0.25) is 4.79 Å². The zero-order valence-corrected chi connectivity index (χ0v) is 12.0. The smallest absolute Gasteiger partial charge is 0.287 e. The number of carbonyl (C=O) groups excluding carboxylic acids is 1. The van der Waals surface area contributed by atoms with Crippen molar-refractivity contribution in [3.8, 4) is 0 Å². The van der Waals surface area contributed by atoms with Gasteiger partial charge in [0.25, 0.3) is 5.91 Å². The predicted molar refractivity (Wildman–Crippen MR) is 77.1 cm³/mol. The minimum Gasteiger partial charge on any atom is -0.449 e. The van der Waals surface area contributed by atoms with Gasteiger partial charge >= 0.3 is 0 Å². The number of hydrogen-bond acceptors (Lipinski definition) is 3. The Hall–Kier alpha value is -1.52. The van der Waals surface area contributed by atoms with E-state index in [1.165, 1.54) is 0 Å². The Kier molecular flexibility index (Phi) is 3.22. The Morgan fingerprint density at radius 3 is 2.85 bits per heavy atom. The number of aryl methyl sites for hydroxylation is 1. The molecule has 2 aromatic rings. The summed E-state index contributed by atoms with van der Waals surface area (Å²) in [7, 11) is 0. The first kappa shape index (κ1) is 13.5. The highest BCUT2D eigenvalue weighted by molar-refractivity contribution is 6.35. The summed E-state index contributed by atoms with van der Waals surface area (Å²) >= 11 is 6.06. The second kappa shape index (κ2) is 4.79. The molecule has 1 fully saturated rings. The SMILES string of the molecule is Cc1c(C(=O)NCC2(O)CCC2)oc2c(Cl)cccc12. The molecule has 1 aliphatic rings. The van der Waals surface area contributed by atoms with Crippen LogP contribution < -0.4 is 5.32 Å². The van der Waals surface area contributed by atoms with Crippen LogP contribution in [0.1, 0.15) is 35.4 Å². The number of halogens is 1. The van der Waals surface area contributed by atoms with Gasteiger partial charge < -0.3 is 14.8 Å². The summed E-state index contributed by atoms with van der Waals surface area (Å²) in [4.78, 5) is 12.2. The van der Waals surface area contributed by atoms with Gasteiger partial charge in [0.05, 0.1) is 10.6 Å². The van der Waals surface area contributed by atoms with Crippen molar-refractivity contribution in [2.75, 3.05) is 6.54 Å². The van der Waals surface area contributed by atoms with Crippen LogP contribution in [0, 0.1) is 6.92 Å².